The normalized spacial score (nSPS) is 12.2. The third kappa shape index (κ3) is 3.01. The van der Waals surface area contributed by atoms with Crippen LogP contribution >= 0.6 is 0 Å². The van der Waals surface area contributed by atoms with Crippen LogP contribution in [0.4, 0.5) is 0 Å². The van der Waals surface area contributed by atoms with Crippen LogP contribution < -0.4 is 0 Å². The Morgan fingerprint density at radius 3 is 1.56 bits per heavy atom. The van der Waals surface area contributed by atoms with Crippen LogP contribution in [0.15, 0.2) is 152 Å². The van der Waals surface area contributed by atoms with Gasteiger partial charge in [0.1, 0.15) is 0 Å². The zero-order valence-corrected chi connectivity index (χ0v) is 23.4. The molecule has 2 aromatic heterocycles. The SMILES string of the molecule is c1ccc2c(-c3c4ccccc4c(-c4ccc5c6cccc7c8ccccc8n(c5c4)c76)c4ccccc34)cccc2c1. The lowest BCUT2D eigenvalue weighted by molar-refractivity contribution is 1.37. The predicted molar refractivity (Wildman–Crippen MR) is 184 cm³/mol. The molecule has 0 saturated carbocycles. The maximum absolute atomic E-state index is 2.48. The summed E-state index contributed by atoms with van der Waals surface area (Å²) < 4.78 is 2.48. The van der Waals surface area contributed by atoms with E-state index in [0.717, 1.165) is 0 Å². The Bertz CT molecular complexity index is 2660. The first kappa shape index (κ1) is 23.0. The fraction of sp³-hybridized carbons (Fsp3) is 0. The highest BCUT2D eigenvalue weighted by Crippen LogP contribution is 2.46. The number of hydrogen-bond acceptors (Lipinski definition) is 0. The standard InChI is InChI=1S/C42H25N/c1-2-13-28-26(11-1)12-9-19-31(28)41-34-17-5-3-15-32(34)40(33-16-4-6-18-35(33)41)27-23-24-30-37-21-10-20-36-29-14-7-8-22-38(29)43(42(36)37)39(30)25-27/h1-25H. The van der Waals surface area contributed by atoms with Crippen molar-refractivity contribution < 1.29 is 0 Å². The van der Waals surface area contributed by atoms with Crippen LogP contribution in [0, 0.1) is 0 Å². The van der Waals surface area contributed by atoms with Gasteiger partial charge in [-0.1, -0.05) is 140 Å². The molecule has 10 aromatic rings. The number of rotatable bonds is 2. The van der Waals surface area contributed by atoms with Gasteiger partial charge < -0.3 is 4.40 Å². The molecular formula is C42H25N. The van der Waals surface area contributed by atoms with Crippen molar-refractivity contribution >= 4 is 70.4 Å². The molecule has 43 heavy (non-hydrogen) atoms. The van der Waals surface area contributed by atoms with Crippen molar-refractivity contribution in [3.05, 3.63) is 152 Å². The van der Waals surface area contributed by atoms with Crippen LogP contribution in [0.25, 0.3) is 92.7 Å². The molecule has 0 amide bonds. The predicted octanol–water partition coefficient (Wildman–Crippen LogP) is 11.6. The second-order valence-electron chi connectivity index (χ2n) is 11.7. The van der Waals surface area contributed by atoms with E-state index in [9.17, 15) is 0 Å². The van der Waals surface area contributed by atoms with Crippen molar-refractivity contribution in [3.63, 3.8) is 0 Å². The second-order valence-corrected chi connectivity index (χ2v) is 11.7. The lowest BCUT2D eigenvalue weighted by Gasteiger charge is -2.19. The highest BCUT2D eigenvalue weighted by molar-refractivity contribution is 6.26. The number of hydrogen-bond donors (Lipinski definition) is 0. The van der Waals surface area contributed by atoms with Gasteiger partial charge in [-0.15, -0.1) is 0 Å². The number of para-hydroxylation sites is 2. The van der Waals surface area contributed by atoms with Gasteiger partial charge in [0.2, 0.25) is 0 Å². The largest absolute Gasteiger partial charge is 0.308 e. The van der Waals surface area contributed by atoms with Gasteiger partial charge in [0.05, 0.1) is 16.6 Å². The van der Waals surface area contributed by atoms with Gasteiger partial charge in [-0.2, -0.15) is 0 Å². The number of fused-ring (bicyclic) bond motifs is 9. The van der Waals surface area contributed by atoms with Crippen molar-refractivity contribution in [3.8, 4) is 22.3 Å². The summed E-state index contributed by atoms with van der Waals surface area (Å²) in [6.07, 6.45) is 0. The molecule has 0 radical (unpaired) electrons. The molecule has 0 aliphatic carbocycles. The van der Waals surface area contributed by atoms with Crippen LogP contribution in [0.3, 0.4) is 0 Å². The van der Waals surface area contributed by atoms with E-state index in [4.69, 9.17) is 0 Å². The fourth-order valence-electron chi connectivity index (χ4n) is 7.76. The fourth-order valence-corrected chi connectivity index (χ4v) is 7.76. The molecule has 10 rings (SSSR count). The van der Waals surface area contributed by atoms with E-state index in [1.165, 1.54) is 92.7 Å². The summed E-state index contributed by atoms with van der Waals surface area (Å²) in [4.78, 5) is 0. The number of aromatic nitrogens is 1. The molecule has 0 fully saturated rings. The molecule has 0 unspecified atom stereocenters. The summed E-state index contributed by atoms with van der Waals surface area (Å²) in [6, 6.07) is 56.0. The lowest BCUT2D eigenvalue weighted by atomic mass is 9.84. The van der Waals surface area contributed by atoms with Gasteiger partial charge >= 0.3 is 0 Å². The van der Waals surface area contributed by atoms with E-state index < -0.39 is 0 Å². The first-order valence-electron chi connectivity index (χ1n) is 15.0. The van der Waals surface area contributed by atoms with Crippen LogP contribution in [-0.2, 0) is 0 Å². The van der Waals surface area contributed by atoms with Crippen LogP contribution in [0.5, 0.6) is 0 Å². The summed E-state index contributed by atoms with van der Waals surface area (Å²) in [7, 11) is 0. The molecule has 0 aliphatic heterocycles. The van der Waals surface area contributed by atoms with Crippen LogP contribution in [0.1, 0.15) is 0 Å². The lowest BCUT2D eigenvalue weighted by Crippen LogP contribution is -1.92. The van der Waals surface area contributed by atoms with E-state index in [1.54, 1.807) is 0 Å². The van der Waals surface area contributed by atoms with E-state index in [2.05, 4.69) is 156 Å². The van der Waals surface area contributed by atoms with Gasteiger partial charge in [0.25, 0.3) is 0 Å². The monoisotopic (exact) mass is 543 g/mol. The first-order chi connectivity index (χ1) is 21.4. The summed E-state index contributed by atoms with van der Waals surface area (Å²) in [5.74, 6) is 0. The molecule has 1 nitrogen and oxygen atoms in total. The van der Waals surface area contributed by atoms with Gasteiger partial charge in [-0.25, -0.2) is 0 Å². The minimum Gasteiger partial charge on any atom is -0.308 e. The molecule has 0 saturated heterocycles. The minimum absolute atomic E-state index is 1.24. The van der Waals surface area contributed by atoms with Crippen molar-refractivity contribution in [1.29, 1.82) is 0 Å². The maximum Gasteiger partial charge on any atom is 0.0620 e. The summed E-state index contributed by atoms with van der Waals surface area (Å²) in [6.45, 7) is 0. The van der Waals surface area contributed by atoms with E-state index in [0.29, 0.717) is 0 Å². The highest BCUT2D eigenvalue weighted by atomic mass is 14.9. The summed E-state index contributed by atoms with van der Waals surface area (Å²) in [5, 5.41) is 12.9. The Labute approximate surface area is 248 Å². The molecule has 2 heterocycles. The summed E-state index contributed by atoms with van der Waals surface area (Å²) >= 11 is 0. The average Bonchev–Trinajstić information content (AvgIpc) is 3.59. The van der Waals surface area contributed by atoms with Crippen molar-refractivity contribution in [2.24, 2.45) is 0 Å². The van der Waals surface area contributed by atoms with E-state index >= 15 is 0 Å². The Hall–Kier alpha value is -5.66. The quantitative estimate of drug-likeness (QED) is 0.191. The van der Waals surface area contributed by atoms with Crippen LogP contribution in [0.2, 0.25) is 0 Å². The van der Waals surface area contributed by atoms with Crippen molar-refractivity contribution in [2.45, 2.75) is 0 Å². The van der Waals surface area contributed by atoms with Crippen molar-refractivity contribution in [2.75, 3.05) is 0 Å². The second kappa shape index (κ2) is 8.44. The van der Waals surface area contributed by atoms with Gasteiger partial charge in [0.15, 0.2) is 0 Å². The molecule has 198 valence electrons. The topological polar surface area (TPSA) is 4.41 Å². The van der Waals surface area contributed by atoms with Gasteiger partial charge in [0, 0.05) is 21.5 Å². The van der Waals surface area contributed by atoms with Gasteiger partial charge in [-0.05, 0) is 66.7 Å². The third-order valence-electron chi connectivity index (χ3n) is 9.50. The van der Waals surface area contributed by atoms with Crippen LogP contribution in [-0.4, -0.2) is 4.40 Å². The van der Waals surface area contributed by atoms with Gasteiger partial charge in [-0.3, -0.25) is 0 Å². The summed E-state index contributed by atoms with van der Waals surface area (Å²) in [5.41, 5.74) is 8.96. The molecular weight excluding hydrogens is 518 g/mol. The molecule has 0 atom stereocenters. The van der Waals surface area contributed by atoms with E-state index in [-0.39, 0.29) is 0 Å². The average molecular weight is 544 g/mol. The Morgan fingerprint density at radius 2 is 0.837 bits per heavy atom. The zero-order chi connectivity index (χ0) is 28.1. The molecule has 1 heteroatoms. The highest BCUT2D eigenvalue weighted by Gasteiger charge is 2.20. The van der Waals surface area contributed by atoms with E-state index in [1.807, 2.05) is 0 Å². The molecule has 0 bridgehead atoms. The molecule has 8 aromatic carbocycles. The number of benzene rings is 8. The Kier molecular flexibility index (Phi) is 4.51. The number of nitrogens with zero attached hydrogens (tertiary/aromatic N) is 1. The first-order valence-corrected chi connectivity index (χ1v) is 15.0. The zero-order valence-electron chi connectivity index (χ0n) is 23.4. The maximum atomic E-state index is 2.48. The minimum atomic E-state index is 1.24. The smallest absolute Gasteiger partial charge is 0.0620 e. The molecule has 0 spiro atoms. The Balaban J connectivity index is 1.35. The molecule has 0 aliphatic rings. The molecule has 0 N–H and O–H groups in total. The van der Waals surface area contributed by atoms with Crippen molar-refractivity contribution in [1.82, 2.24) is 4.40 Å². The third-order valence-corrected chi connectivity index (χ3v) is 9.50. The Morgan fingerprint density at radius 1 is 0.326 bits per heavy atom.